The third-order valence-corrected chi connectivity index (χ3v) is 3.60. The Morgan fingerprint density at radius 3 is 2.63 bits per heavy atom. The first-order valence-corrected chi connectivity index (χ1v) is 7.91. The minimum absolute atomic E-state index is 0.0589. The highest BCUT2D eigenvalue weighted by Crippen LogP contribution is 2.24. The summed E-state index contributed by atoms with van der Waals surface area (Å²) in [5.74, 6) is -0.976. The summed E-state index contributed by atoms with van der Waals surface area (Å²) in [5, 5.41) is 2.68. The van der Waals surface area contributed by atoms with Crippen molar-refractivity contribution in [1.82, 2.24) is 15.3 Å². The Labute approximate surface area is 152 Å². The largest absolute Gasteiger partial charge is 0.573 e. The molecule has 0 unspecified atom stereocenters. The molecule has 0 spiro atoms. The average molecular weight is 373 g/mol. The third kappa shape index (κ3) is 5.04. The van der Waals surface area contributed by atoms with Gasteiger partial charge in [0.15, 0.2) is 0 Å². The van der Waals surface area contributed by atoms with Crippen LogP contribution in [0.4, 0.5) is 13.2 Å². The number of nitrogens with one attached hydrogen (secondary N) is 1. The van der Waals surface area contributed by atoms with Gasteiger partial charge < -0.3 is 10.1 Å². The van der Waals surface area contributed by atoms with Gasteiger partial charge in [-0.2, -0.15) is 0 Å². The van der Waals surface area contributed by atoms with Gasteiger partial charge in [0.1, 0.15) is 5.75 Å². The zero-order valence-electron chi connectivity index (χ0n) is 13.9. The maximum Gasteiger partial charge on any atom is 0.573 e. The van der Waals surface area contributed by atoms with Crippen molar-refractivity contribution < 1.29 is 22.7 Å². The number of benzene rings is 1. The highest BCUT2D eigenvalue weighted by Gasteiger charge is 2.31. The summed E-state index contributed by atoms with van der Waals surface area (Å²) in [6.45, 7) is 0.154. The summed E-state index contributed by atoms with van der Waals surface area (Å²) in [7, 11) is 0. The van der Waals surface area contributed by atoms with Gasteiger partial charge in [0.2, 0.25) is 0 Å². The second kappa shape index (κ2) is 7.86. The number of aromatic nitrogens is 2. The Kier molecular flexibility index (Phi) is 5.35. The van der Waals surface area contributed by atoms with Crippen LogP contribution in [0.2, 0.25) is 0 Å². The SMILES string of the molecule is O=C(NCc1cccnc1-c1cccnc1)c1cccc(OC(F)(F)F)c1. The van der Waals surface area contributed by atoms with Gasteiger partial charge in [-0.3, -0.25) is 14.8 Å². The normalized spacial score (nSPS) is 11.1. The molecule has 0 fully saturated rings. The van der Waals surface area contributed by atoms with E-state index in [1.165, 1.54) is 12.1 Å². The van der Waals surface area contributed by atoms with Gasteiger partial charge in [-0.25, -0.2) is 0 Å². The van der Waals surface area contributed by atoms with Crippen molar-refractivity contribution in [2.24, 2.45) is 0 Å². The Hall–Kier alpha value is -3.42. The standard InChI is InChI=1S/C19H14F3N3O2/c20-19(21,22)27-16-7-1-4-13(10-16)18(26)25-12-15-6-3-9-24-17(15)14-5-2-8-23-11-14/h1-11H,12H2,(H,25,26). The number of carbonyl (C=O) groups excluding carboxylic acids is 1. The molecule has 0 aliphatic heterocycles. The zero-order chi connectivity index (χ0) is 19.3. The van der Waals surface area contributed by atoms with Gasteiger partial charge in [-0.15, -0.1) is 13.2 Å². The predicted octanol–water partition coefficient (Wildman–Crippen LogP) is 3.97. The van der Waals surface area contributed by atoms with Crippen molar-refractivity contribution >= 4 is 5.91 Å². The van der Waals surface area contributed by atoms with E-state index in [4.69, 9.17) is 0 Å². The highest BCUT2D eigenvalue weighted by molar-refractivity contribution is 5.94. The summed E-state index contributed by atoms with van der Waals surface area (Å²) in [6, 6.07) is 12.1. The molecule has 1 aromatic carbocycles. The van der Waals surface area contributed by atoms with Crippen molar-refractivity contribution in [3.63, 3.8) is 0 Å². The van der Waals surface area contributed by atoms with Crippen LogP contribution in [0.25, 0.3) is 11.3 Å². The van der Waals surface area contributed by atoms with Crippen LogP contribution in [-0.4, -0.2) is 22.2 Å². The molecule has 0 bridgehead atoms. The van der Waals surface area contributed by atoms with E-state index in [-0.39, 0.29) is 12.1 Å². The van der Waals surface area contributed by atoms with Crippen molar-refractivity contribution in [3.8, 4) is 17.0 Å². The van der Waals surface area contributed by atoms with E-state index in [0.717, 1.165) is 23.3 Å². The fraction of sp³-hybridized carbons (Fsp3) is 0.105. The third-order valence-electron chi connectivity index (χ3n) is 3.60. The molecule has 0 saturated carbocycles. The molecule has 0 aliphatic rings. The van der Waals surface area contributed by atoms with Crippen LogP contribution < -0.4 is 10.1 Å². The van der Waals surface area contributed by atoms with E-state index in [9.17, 15) is 18.0 Å². The number of carbonyl (C=O) groups is 1. The lowest BCUT2D eigenvalue weighted by Gasteiger charge is -2.11. The van der Waals surface area contributed by atoms with Crippen molar-refractivity contribution in [2.75, 3.05) is 0 Å². The van der Waals surface area contributed by atoms with Gasteiger partial charge in [-0.05, 0) is 42.0 Å². The first kappa shape index (κ1) is 18.4. The highest BCUT2D eigenvalue weighted by atomic mass is 19.4. The molecule has 3 aromatic rings. The minimum Gasteiger partial charge on any atom is -0.406 e. The number of ether oxygens (including phenoxy) is 1. The summed E-state index contributed by atoms with van der Waals surface area (Å²) >= 11 is 0. The van der Waals surface area contributed by atoms with Crippen molar-refractivity contribution in [1.29, 1.82) is 0 Å². The lowest BCUT2D eigenvalue weighted by atomic mass is 10.1. The summed E-state index contributed by atoms with van der Waals surface area (Å²) < 4.78 is 40.8. The van der Waals surface area contributed by atoms with Crippen molar-refractivity contribution in [3.05, 3.63) is 78.2 Å². The molecule has 0 aliphatic carbocycles. The van der Waals surface area contributed by atoms with Gasteiger partial charge in [-0.1, -0.05) is 12.1 Å². The Morgan fingerprint density at radius 1 is 1.07 bits per heavy atom. The molecule has 138 valence electrons. The monoisotopic (exact) mass is 373 g/mol. The van der Waals surface area contributed by atoms with Crippen LogP contribution in [0.5, 0.6) is 5.75 Å². The topological polar surface area (TPSA) is 64.1 Å². The maximum atomic E-state index is 12.3. The van der Waals surface area contributed by atoms with E-state index in [1.807, 2.05) is 6.07 Å². The Bertz CT molecular complexity index is 931. The quantitative estimate of drug-likeness (QED) is 0.735. The average Bonchev–Trinajstić information content (AvgIpc) is 2.66. The molecule has 2 aromatic heterocycles. The van der Waals surface area contributed by atoms with E-state index in [0.29, 0.717) is 5.69 Å². The Morgan fingerprint density at radius 2 is 1.89 bits per heavy atom. The predicted molar refractivity (Wildman–Crippen MR) is 91.8 cm³/mol. The van der Waals surface area contributed by atoms with E-state index in [2.05, 4.69) is 20.0 Å². The number of hydrogen-bond acceptors (Lipinski definition) is 4. The number of rotatable bonds is 5. The molecule has 8 heteroatoms. The first-order chi connectivity index (χ1) is 12.9. The fourth-order valence-corrected chi connectivity index (χ4v) is 2.46. The first-order valence-electron chi connectivity index (χ1n) is 7.91. The maximum absolute atomic E-state index is 12.3. The fourth-order valence-electron chi connectivity index (χ4n) is 2.46. The number of alkyl halides is 3. The van der Waals surface area contributed by atoms with Gasteiger partial charge in [0.05, 0.1) is 5.69 Å². The van der Waals surface area contributed by atoms with Gasteiger partial charge in [0.25, 0.3) is 5.91 Å². The van der Waals surface area contributed by atoms with Crippen LogP contribution >= 0.6 is 0 Å². The number of nitrogens with zero attached hydrogens (tertiary/aromatic N) is 2. The molecule has 1 N–H and O–H groups in total. The lowest BCUT2D eigenvalue weighted by Crippen LogP contribution is -2.23. The van der Waals surface area contributed by atoms with Gasteiger partial charge >= 0.3 is 6.36 Å². The summed E-state index contributed by atoms with van der Waals surface area (Å²) in [5.41, 5.74) is 2.27. The molecule has 0 saturated heterocycles. The molecular formula is C19H14F3N3O2. The smallest absolute Gasteiger partial charge is 0.406 e. The molecular weight excluding hydrogens is 359 g/mol. The van der Waals surface area contributed by atoms with Crippen LogP contribution in [-0.2, 0) is 6.54 Å². The zero-order valence-corrected chi connectivity index (χ0v) is 13.9. The molecule has 2 heterocycles. The molecule has 5 nitrogen and oxygen atoms in total. The van der Waals surface area contributed by atoms with Crippen LogP contribution in [0.15, 0.2) is 67.1 Å². The van der Waals surface area contributed by atoms with Gasteiger partial charge in [0, 0.05) is 36.3 Å². The van der Waals surface area contributed by atoms with E-state index >= 15 is 0 Å². The molecule has 0 radical (unpaired) electrons. The summed E-state index contributed by atoms with van der Waals surface area (Å²) in [6.07, 6.45) is 0.116. The van der Waals surface area contributed by atoms with Crippen LogP contribution in [0.3, 0.4) is 0 Å². The second-order valence-electron chi connectivity index (χ2n) is 5.51. The number of halogens is 3. The van der Waals surface area contributed by atoms with Crippen LogP contribution in [0, 0.1) is 0 Å². The molecule has 27 heavy (non-hydrogen) atoms. The van der Waals surface area contributed by atoms with Crippen molar-refractivity contribution in [2.45, 2.75) is 12.9 Å². The molecule has 3 rings (SSSR count). The summed E-state index contributed by atoms with van der Waals surface area (Å²) in [4.78, 5) is 20.7. The molecule has 1 amide bonds. The Balaban J connectivity index is 1.73. The van der Waals surface area contributed by atoms with E-state index < -0.39 is 18.0 Å². The number of hydrogen-bond donors (Lipinski definition) is 1. The number of amides is 1. The second-order valence-corrected chi connectivity index (χ2v) is 5.51. The molecule has 0 atom stereocenters. The minimum atomic E-state index is -4.82. The lowest BCUT2D eigenvalue weighted by molar-refractivity contribution is -0.274. The van der Waals surface area contributed by atoms with Crippen LogP contribution in [0.1, 0.15) is 15.9 Å². The van der Waals surface area contributed by atoms with E-state index in [1.54, 1.807) is 36.8 Å². The number of pyridine rings is 2.